The molecule has 3 nitrogen and oxygen atoms in total. The van der Waals surface area contributed by atoms with Crippen LogP contribution in [-0.2, 0) is 12.3 Å². The molecule has 1 saturated carbocycles. The van der Waals surface area contributed by atoms with Crippen LogP contribution in [0.4, 0.5) is 0 Å². The summed E-state index contributed by atoms with van der Waals surface area (Å²) in [6, 6.07) is 0. The summed E-state index contributed by atoms with van der Waals surface area (Å²) < 4.78 is 19.3. The quantitative estimate of drug-likeness (QED) is 0.647. The van der Waals surface area contributed by atoms with Gasteiger partial charge in [-0.3, -0.25) is 0 Å². The summed E-state index contributed by atoms with van der Waals surface area (Å²) in [4.78, 5) is 0. The lowest BCUT2D eigenvalue weighted by Crippen LogP contribution is -2.50. The predicted molar refractivity (Wildman–Crippen MR) is 96.9 cm³/mol. The van der Waals surface area contributed by atoms with E-state index in [4.69, 9.17) is 12.3 Å². The van der Waals surface area contributed by atoms with Crippen LogP contribution in [0.2, 0.25) is 51.4 Å². The molecule has 120 valence electrons. The van der Waals surface area contributed by atoms with E-state index in [1.807, 2.05) is 0 Å². The van der Waals surface area contributed by atoms with E-state index < -0.39 is 35.2 Å². The molecule has 1 aliphatic carbocycles. The molecule has 0 aromatic heterocycles. The molecule has 0 bridgehead atoms. The first kappa shape index (κ1) is 18.8. The van der Waals surface area contributed by atoms with Crippen LogP contribution in [0.15, 0.2) is 0 Å². The van der Waals surface area contributed by atoms with Gasteiger partial charge in [0.05, 0.1) is 0 Å². The van der Waals surface area contributed by atoms with Gasteiger partial charge >= 0.3 is 17.8 Å². The lowest BCUT2D eigenvalue weighted by molar-refractivity contribution is 0.322. The first-order chi connectivity index (χ1) is 9.09. The molecule has 0 heterocycles. The summed E-state index contributed by atoms with van der Waals surface area (Å²) in [6.45, 7) is 15.7. The molecule has 1 atom stereocenters. The van der Waals surface area contributed by atoms with Crippen molar-refractivity contribution in [1.82, 2.24) is 0 Å². The minimum absolute atomic E-state index is 0.718. The van der Waals surface area contributed by atoms with Crippen molar-refractivity contribution in [2.24, 2.45) is 0 Å². The summed E-state index contributed by atoms with van der Waals surface area (Å²) in [5.74, 6) is 0. The third-order valence-electron chi connectivity index (χ3n) is 3.39. The fraction of sp³-hybridized carbons (Fsp3) is 1.00. The molecule has 1 rings (SSSR count). The van der Waals surface area contributed by atoms with Gasteiger partial charge in [-0.05, 0) is 64.2 Å². The van der Waals surface area contributed by atoms with E-state index in [0.717, 1.165) is 5.54 Å². The van der Waals surface area contributed by atoms with Gasteiger partial charge in [0.1, 0.15) is 0 Å². The molecule has 0 aromatic rings. The standard InChI is InChI=1S/C13H34O3Si4/c1-17(2)14-18(13-11-9-8-10-12-13)15-20(6,7)16-19(3,4)5/h13,17-18H,8-12H2,1-7H3. The molecule has 1 aliphatic rings. The molecule has 0 aliphatic heterocycles. The molecule has 0 saturated heterocycles. The maximum atomic E-state index is 6.57. The summed E-state index contributed by atoms with van der Waals surface area (Å²) >= 11 is 0. The first-order valence-electron chi connectivity index (χ1n) is 8.12. The Bertz CT molecular complexity index is 286. The van der Waals surface area contributed by atoms with Crippen LogP contribution in [0.25, 0.3) is 0 Å². The fourth-order valence-electron chi connectivity index (χ4n) is 2.95. The first-order valence-corrected chi connectivity index (χ1v) is 18.7. The monoisotopic (exact) mass is 350 g/mol. The second kappa shape index (κ2) is 7.84. The van der Waals surface area contributed by atoms with E-state index in [2.05, 4.69) is 45.8 Å². The van der Waals surface area contributed by atoms with E-state index in [0.29, 0.717) is 0 Å². The van der Waals surface area contributed by atoms with E-state index >= 15 is 0 Å². The number of rotatable bonds is 7. The summed E-state index contributed by atoms with van der Waals surface area (Å²) in [5, 5.41) is 0. The van der Waals surface area contributed by atoms with Crippen molar-refractivity contribution in [2.45, 2.75) is 83.5 Å². The zero-order chi connectivity index (χ0) is 15.4. The Morgan fingerprint density at radius 2 is 1.45 bits per heavy atom. The average molecular weight is 351 g/mol. The van der Waals surface area contributed by atoms with Crippen molar-refractivity contribution >= 4 is 35.2 Å². The Hall–Kier alpha value is 0.748. The lowest BCUT2D eigenvalue weighted by Gasteiger charge is -2.38. The van der Waals surface area contributed by atoms with Gasteiger partial charge in [-0.2, -0.15) is 0 Å². The zero-order valence-corrected chi connectivity index (χ0v) is 18.8. The van der Waals surface area contributed by atoms with Crippen LogP contribution in [0.5, 0.6) is 0 Å². The van der Waals surface area contributed by atoms with E-state index in [1.165, 1.54) is 32.1 Å². The molecule has 0 spiro atoms. The summed E-state index contributed by atoms with van der Waals surface area (Å²) in [5.41, 5.74) is 0.718. The average Bonchev–Trinajstić information content (AvgIpc) is 2.25. The third kappa shape index (κ3) is 7.67. The predicted octanol–water partition coefficient (Wildman–Crippen LogP) is 4.11. The SMILES string of the molecule is C[SiH](C)O[SiH](O[Si](C)(C)O[Si](C)(C)C)C1CCCCC1. The van der Waals surface area contributed by atoms with Crippen LogP contribution >= 0.6 is 0 Å². The molecular formula is C13H34O3Si4. The molecule has 20 heavy (non-hydrogen) atoms. The zero-order valence-electron chi connectivity index (χ0n) is 14.5. The molecule has 1 fully saturated rings. The third-order valence-corrected chi connectivity index (χ3v) is 15.7. The highest BCUT2D eigenvalue weighted by Gasteiger charge is 2.38. The highest BCUT2D eigenvalue weighted by Crippen LogP contribution is 2.33. The topological polar surface area (TPSA) is 27.7 Å². The molecule has 0 N–H and O–H groups in total. The maximum absolute atomic E-state index is 6.57. The Morgan fingerprint density at radius 1 is 0.900 bits per heavy atom. The second-order valence-corrected chi connectivity index (χ2v) is 21.3. The molecular weight excluding hydrogens is 316 g/mol. The Balaban J connectivity index is 2.67. The van der Waals surface area contributed by atoms with Gasteiger partial charge in [0.2, 0.25) is 0 Å². The van der Waals surface area contributed by atoms with Gasteiger partial charge in [0.15, 0.2) is 17.4 Å². The lowest BCUT2D eigenvalue weighted by atomic mass is 10.0. The van der Waals surface area contributed by atoms with Crippen molar-refractivity contribution < 1.29 is 12.3 Å². The molecule has 7 heteroatoms. The van der Waals surface area contributed by atoms with Gasteiger partial charge in [0, 0.05) is 0 Å². The summed E-state index contributed by atoms with van der Waals surface area (Å²) in [6.07, 6.45) is 6.74. The molecule has 1 unspecified atom stereocenters. The van der Waals surface area contributed by atoms with Crippen LogP contribution in [-0.4, -0.2) is 35.2 Å². The van der Waals surface area contributed by atoms with Crippen LogP contribution in [0, 0.1) is 0 Å². The maximum Gasteiger partial charge on any atom is 0.312 e. The van der Waals surface area contributed by atoms with Crippen LogP contribution < -0.4 is 0 Å². The summed E-state index contributed by atoms with van der Waals surface area (Å²) in [7, 11) is -6.16. The Kier molecular flexibility index (Phi) is 7.37. The molecule has 0 aromatic carbocycles. The normalized spacial score (nSPS) is 20.4. The highest BCUT2D eigenvalue weighted by molar-refractivity contribution is 6.84. The highest BCUT2D eigenvalue weighted by atomic mass is 28.5. The van der Waals surface area contributed by atoms with Gasteiger partial charge in [-0.15, -0.1) is 0 Å². The van der Waals surface area contributed by atoms with Crippen molar-refractivity contribution in [3.63, 3.8) is 0 Å². The smallest absolute Gasteiger partial charge is 0.312 e. The van der Waals surface area contributed by atoms with Gasteiger partial charge in [-0.1, -0.05) is 19.3 Å². The van der Waals surface area contributed by atoms with Crippen LogP contribution in [0.1, 0.15) is 32.1 Å². The van der Waals surface area contributed by atoms with E-state index in [9.17, 15) is 0 Å². The number of hydrogen-bond donors (Lipinski definition) is 0. The van der Waals surface area contributed by atoms with Crippen molar-refractivity contribution in [1.29, 1.82) is 0 Å². The largest absolute Gasteiger partial charge is 0.441 e. The minimum Gasteiger partial charge on any atom is -0.441 e. The van der Waals surface area contributed by atoms with Gasteiger partial charge in [0.25, 0.3) is 0 Å². The van der Waals surface area contributed by atoms with E-state index in [-0.39, 0.29) is 0 Å². The van der Waals surface area contributed by atoms with Crippen molar-refractivity contribution in [3.8, 4) is 0 Å². The molecule has 0 amide bonds. The van der Waals surface area contributed by atoms with Gasteiger partial charge in [-0.25, -0.2) is 0 Å². The Morgan fingerprint density at radius 3 is 1.90 bits per heavy atom. The second-order valence-electron chi connectivity index (χ2n) is 7.68. The van der Waals surface area contributed by atoms with E-state index in [1.54, 1.807) is 0 Å². The van der Waals surface area contributed by atoms with Crippen molar-refractivity contribution in [2.75, 3.05) is 0 Å². The minimum atomic E-state index is -2.03. The van der Waals surface area contributed by atoms with Gasteiger partial charge < -0.3 is 12.3 Å². The Labute approximate surface area is 131 Å². The fourth-order valence-corrected chi connectivity index (χ4v) is 17.3. The van der Waals surface area contributed by atoms with Crippen LogP contribution in [0.3, 0.4) is 0 Å². The molecule has 0 radical (unpaired) electrons. The number of hydrogen-bond acceptors (Lipinski definition) is 3. The van der Waals surface area contributed by atoms with Crippen molar-refractivity contribution in [3.05, 3.63) is 0 Å².